The zero-order valence-electron chi connectivity index (χ0n) is 18.6. The molecule has 0 radical (unpaired) electrons. The Morgan fingerprint density at radius 3 is 2.45 bits per heavy atom. The molecule has 1 atom stereocenters. The second-order valence-corrected chi connectivity index (χ2v) is 7.70. The number of aromatic nitrogens is 5. The molecule has 0 saturated carbocycles. The summed E-state index contributed by atoms with van der Waals surface area (Å²) in [5.41, 5.74) is 5.58. The maximum absolute atomic E-state index is 13.4. The lowest BCUT2D eigenvalue weighted by Crippen LogP contribution is -2.27. The predicted molar refractivity (Wildman–Crippen MR) is 119 cm³/mol. The maximum atomic E-state index is 13.4. The first kappa shape index (κ1) is 20.6. The van der Waals surface area contributed by atoms with Gasteiger partial charge in [0.15, 0.2) is 5.65 Å². The summed E-state index contributed by atoms with van der Waals surface area (Å²) >= 11 is 0. The highest BCUT2D eigenvalue weighted by Crippen LogP contribution is 2.28. The molecular formula is C23H26N6O2. The molecule has 0 aliphatic carbocycles. The molecule has 160 valence electrons. The van der Waals surface area contributed by atoms with Crippen molar-refractivity contribution in [3.8, 4) is 17.0 Å². The number of benzene rings is 1. The van der Waals surface area contributed by atoms with E-state index in [0.717, 1.165) is 33.7 Å². The second kappa shape index (κ2) is 7.86. The normalized spacial score (nSPS) is 12.2. The lowest BCUT2D eigenvalue weighted by molar-refractivity contribution is 0.0941. The molecule has 0 fully saturated rings. The van der Waals surface area contributed by atoms with Crippen molar-refractivity contribution in [1.29, 1.82) is 0 Å². The summed E-state index contributed by atoms with van der Waals surface area (Å²) in [4.78, 5) is 18.2. The average Bonchev–Trinajstić information content (AvgIpc) is 3.25. The molecule has 1 N–H and O–H groups in total. The van der Waals surface area contributed by atoms with Crippen LogP contribution in [0, 0.1) is 13.8 Å². The number of aryl methyl sites for hydroxylation is 3. The van der Waals surface area contributed by atoms with Crippen LogP contribution < -0.4 is 10.1 Å². The zero-order valence-corrected chi connectivity index (χ0v) is 18.6. The minimum absolute atomic E-state index is 0.172. The van der Waals surface area contributed by atoms with E-state index >= 15 is 0 Å². The number of amides is 1. The van der Waals surface area contributed by atoms with Gasteiger partial charge in [-0.1, -0.05) is 0 Å². The number of nitrogens with zero attached hydrogens (tertiary/aromatic N) is 5. The smallest absolute Gasteiger partial charge is 0.252 e. The van der Waals surface area contributed by atoms with Crippen LogP contribution in [0.3, 0.4) is 0 Å². The molecule has 8 heteroatoms. The molecule has 1 aromatic carbocycles. The summed E-state index contributed by atoms with van der Waals surface area (Å²) in [6, 6.07) is 9.26. The van der Waals surface area contributed by atoms with Crippen LogP contribution >= 0.6 is 0 Å². The summed E-state index contributed by atoms with van der Waals surface area (Å²) in [6.45, 7) is 5.84. The fraction of sp³-hybridized carbons (Fsp3) is 0.304. The number of nitrogens with one attached hydrogen (secondary N) is 1. The van der Waals surface area contributed by atoms with Crippen LogP contribution in [-0.2, 0) is 14.1 Å². The maximum Gasteiger partial charge on any atom is 0.252 e. The van der Waals surface area contributed by atoms with Gasteiger partial charge in [0.2, 0.25) is 0 Å². The van der Waals surface area contributed by atoms with Gasteiger partial charge in [-0.3, -0.25) is 14.2 Å². The molecule has 1 unspecified atom stereocenters. The van der Waals surface area contributed by atoms with Gasteiger partial charge in [-0.05, 0) is 51.1 Å². The molecule has 0 bridgehead atoms. The van der Waals surface area contributed by atoms with Gasteiger partial charge in [0.25, 0.3) is 5.91 Å². The van der Waals surface area contributed by atoms with Crippen LogP contribution in [0.1, 0.15) is 40.3 Å². The highest BCUT2D eigenvalue weighted by molar-refractivity contribution is 6.07. The topological polar surface area (TPSA) is 86.9 Å². The minimum Gasteiger partial charge on any atom is -0.497 e. The molecular weight excluding hydrogens is 392 g/mol. The Hall–Kier alpha value is -3.68. The molecule has 31 heavy (non-hydrogen) atoms. The Balaban J connectivity index is 1.78. The number of hydrogen-bond acceptors (Lipinski definition) is 5. The average molecular weight is 419 g/mol. The minimum atomic E-state index is -0.189. The molecule has 0 spiro atoms. The van der Waals surface area contributed by atoms with Gasteiger partial charge >= 0.3 is 0 Å². The standard InChI is InChI=1S/C23H26N6O2/c1-13(19-12-24-28(4)15(19)3)25-23(30)18-11-20(16-7-9-17(31-6)10-8-16)26-22-21(18)14(2)27-29(22)5/h7-13H,1-6H3,(H,25,30). The van der Waals surface area contributed by atoms with Crippen molar-refractivity contribution in [2.24, 2.45) is 14.1 Å². The van der Waals surface area contributed by atoms with Gasteiger partial charge in [0.1, 0.15) is 5.75 Å². The highest BCUT2D eigenvalue weighted by Gasteiger charge is 2.22. The molecule has 8 nitrogen and oxygen atoms in total. The van der Waals surface area contributed by atoms with E-state index in [1.807, 2.05) is 65.2 Å². The van der Waals surface area contributed by atoms with Crippen molar-refractivity contribution in [3.63, 3.8) is 0 Å². The molecule has 1 amide bonds. The predicted octanol–water partition coefficient (Wildman–Crippen LogP) is 3.49. The van der Waals surface area contributed by atoms with Crippen molar-refractivity contribution in [1.82, 2.24) is 29.9 Å². The number of hydrogen-bond donors (Lipinski definition) is 1. The number of carbonyl (C=O) groups excluding carboxylic acids is 1. The van der Waals surface area contributed by atoms with Gasteiger partial charge in [-0.2, -0.15) is 10.2 Å². The van der Waals surface area contributed by atoms with Crippen molar-refractivity contribution in [3.05, 3.63) is 59.0 Å². The third-order valence-electron chi connectivity index (χ3n) is 5.69. The molecule has 0 aliphatic heterocycles. The number of rotatable bonds is 5. The van der Waals surface area contributed by atoms with Gasteiger partial charge in [-0.25, -0.2) is 4.98 Å². The summed E-state index contributed by atoms with van der Waals surface area (Å²) in [5, 5.41) is 12.6. The van der Waals surface area contributed by atoms with Crippen LogP contribution in [0.4, 0.5) is 0 Å². The number of pyridine rings is 1. The van der Waals surface area contributed by atoms with E-state index in [9.17, 15) is 4.79 Å². The van der Waals surface area contributed by atoms with E-state index in [2.05, 4.69) is 15.5 Å². The fourth-order valence-corrected chi connectivity index (χ4v) is 3.83. The molecule has 4 rings (SSSR count). The van der Waals surface area contributed by atoms with E-state index in [0.29, 0.717) is 16.9 Å². The molecule has 0 aliphatic rings. The Bertz CT molecular complexity index is 1270. The first-order valence-electron chi connectivity index (χ1n) is 10.1. The van der Waals surface area contributed by atoms with E-state index in [-0.39, 0.29) is 11.9 Å². The number of carbonyl (C=O) groups is 1. The third kappa shape index (κ3) is 3.65. The molecule has 0 saturated heterocycles. The zero-order chi connectivity index (χ0) is 22.3. The van der Waals surface area contributed by atoms with E-state index in [4.69, 9.17) is 9.72 Å². The summed E-state index contributed by atoms with van der Waals surface area (Å²) in [7, 11) is 5.36. The number of fused-ring (bicyclic) bond motifs is 1. The molecule has 3 heterocycles. The largest absolute Gasteiger partial charge is 0.497 e. The third-order valence-corrected chi connectivity index (χ3v) is 5.69. The monoisotopic (exact) mass is 418 g/mol. The lowest BCUT2D eigenvalue weighted by atomic mass is 10.0. The van der Waals surface area contributed by atoms with Crippen LogP contribution in [0.5, 0.6) is 5.75 Å². The van der Waals surface area contributed by atoms with Crippen molar-refractivity contribution in [2.45, 2.75) is 26.8 Å². The van der Waals surface area contributed by atoms with Gasteiger partial charge in [0, 0.05) is 30.9 Å². The van der Waals surface area contributed by atoms with Crippen molar-refractivity contribution >= 4 is 16.9 Å². The summed E-state index contributed by atoms with van der Waals surface area (Å²) in [6.07, 6.45) is 1.79. The van der Waals surface area contributed by atoms with Gasteiger partial charge < -0.3 is 10.1 Å². The van der Waals surface area contributed by atoms with Crippen LogP contribution in [0.2, 0.25) is 0 Å². The number of ether oxygens (including phenoxy) is 1. The Morgan fingerprint density at radius 1 is 1.13 bits per heavy atom. The second-order valence-electron chi connectivity index (χ2n) is 7.70. The number of methoxy groups -OCH3 is 1. The lowest BCUT2D eigenvalue weighted by Gasteiger charge is -2.15. The Morgan fingerprint density at radius 2 is 1.84 bits per heavy atom. The summed E-state index contributed by atoms with van der Waals surface area (Å²) in [5.74, 6) is 0.592. The quantitative estimate of drug-likeness (QED) is 0.536. The highest BCUT2D eigenvalue weighted by atomic mass is 16.5. The first-order valence-corrected chi connectivity index (χ1v) is 10.1. The van der Waals surface area contributed by atoms with Crippen LogP contribution in [-0.4, -0.2) is 37.6 Å². The first-order chi connectivity index (χ1) is 14.8. The van der Waals surface area contributed by atoms with Gasteiger partial charge in [0.05, 0.1) is 41.7 Å². The molecule has 4 aromatic rings. The molecule has 3 aromatic heterocycles. The van der Waals surface area contributed by atoms with Gasteiger partial charge in [-0.15, -0.1) is 0 Å². The van der Waals surface area contributed by atoms with E-state index in [1.54, 1.807) is 22.7 Å². The van der Waals surface area contributed by atoms with Crippen LogP contribution in [0.15, 0.2) is 36.5 Å². The summed E-state index contributed by atoms with van der Waals surface area (Å²) < 4.78 is 8.76. The van der Waals surface area contributed by atoms with E-state index in [1.165, 1.54) is 0 Å². The fourth-order valence-electron chi connectivity index (χ4n) is 3.83. The van der Waals surface area contributed by atoms with Crippen molar-refractivity contribution in [2.75, 3.05) is 7.11 Å². The van der Waals surface area contributed by atoms with Crippen molar-refractivity contribution < 1.29 is 9.53 Å². The SMILES string of the molecule is COc1ccc(-c2cc(C(=O)NC(C)c3cnn(C)c3C)c3c(C)nn(C)c3n2)cc1. The Kier molecular flexibility index (Phi) is 5.22. The van der Waals surface area contributed by atoms with E-state index < -0.39 is 0 Å². The Labute approximate surface area is 180 Å². The van der Waals surface area contributed by atoms with Crippen LogP contribution in [0.25, 0.3) is 22.3 Å².